The molecule has 0 radical (unpaired) electrons. The van der Waals surface area contributed by atoms with Gasteiger partial charge in [0.15, 0.2) is 0 Å². The summed E-state index contributed by atoms with van der Waals surface area (Å²) in [6, 6.07) is 10.0. The van der Waals surface area contributed by atoms with Crippen molar-refractivity contribution in [2.45, 2.75) is 13.0 Å². The molecular weight excluding hydrogens is 239 g/mol. The molecule has 1 aromatic carbocycles. The maximum Gasteiger partial charge on any atom is 0.126 e. The van der Waals surface area contributed by atoms with Crippen LogP contribution in [0.25, 0.3) is 0 Å². The predicted molar refractivity (Wildman–Crippen MR) is 67.7 cm³/mol. The summed E-state index contributed by atoms with van der Waals surface area (Å²) in [6.45, 7) is 1.95. The van der Waals surface area contributed by atoms with Gasteiger partial charge in [-0.05, 0) is 36.8 Å². The molecule has 1 unspecified atom stereocenters. The summed E-state index contributed by atoms with van der Waals surface area (Å²) < 4.78 is 13.1. The number of aromatic nitrogens is 1. The minimum atomic E-state index is -0.236. The van der Waals surface area contributed by atoms with Crippen molar-refractivity contribution < 1.29 is 4.39 Å². The van der Waals surface area contributed by atoms with Crippen LogP contribution in [-0.4, -0.2) is 4.98 Å². The average molecular weight is 251 g/mol. The van der Waals surface area contributed by atoms with E-state index in [1.165, 1.54) is 12.1 Å². The highest BCUT2D eigenvalue weighted by Crippen LogP contribution is 2.19. The molecule has 0 fully saturated rings. The fourth-order valence-corrected chi connectivity index (χ4v) is 1.65. The highest BCUT2D eigenvalue weighted by atomic mass is 35.5. The standard InChI is InChI=1S/C13H12ClFN2/c1-9(10-3-2-4-12(15)7-10)17-13-6-5-11(14)8-16-13/h2-9H,1H3,(H,16,17). The number of benzene rings is 1. The molecule has 1 atom stereocenters. The van der Waals surface area contributed by atoms with Crippen LogP contribution in [0.5, 0.6) is 0 Å². The number of nitrogens with zero attached hydrogens (tertiary/aromatic N) is 1. The van der Waals surface area contributed by atoms with E-state index in [1.54, 1.807) is 24.4 Å². The lowest BCUT2D eigenvalue weighted by molar-refractivity contribution is 0.623. The van der Waals surface area contributed by atoms with Gasteiger partial charge < -0.3 is 5.32 Å². The van der Waals surface area contributed by atoms with E-state index in [4.69, 9.17) is 11.6 Å². The van der Waals surface area contributed by atoms with Crippen molar-refractivity contribution in [2.24, 2.45) is 0 Å². The van der Waals surface area contributed by atoms with Crippen molar-refractivity contribution in [1.82, 2.24) is 4.98 Å². The molecule has 0 aliphatic rings. The molecule has 0 bridgehead atoms. The summed E-state index contributed by atoms with van der Waals surface area (Å²) in [6.07, 6.45) is 1.57. The lowest BCUT2D eigenvalue weighted by atomic mass is 10.1. The molecule has 0 saturated carbocycles. The van der Waals surface area contributed by atoms with Crippen LogP contribution in [0.2, 0.25) is 5.02 Å². The van der Waals surface area contributed by atoms with Crippen LogP contribution in [0.15, 0.2) is 42.6 Å². The van der Waals surface area contributed by atoms with E-state index in [0.29, 0.717) is 10.8 Å². The molecule has 1 heterocycles. The number of anilines is 1. The largest absolute Gasteiger partial charge is 0.364 e. The van der Waals surface area contributed by atoms with Gasteiger partial charge in [-0.15, -0.1) is 0 Å². The number of hydrogen-bond donors (Lipinski definition) is 1. The summed E-state index contributed by atoms with van der Waals surface area (Å²) in [5, 5.41) is 3.77. The van der Waals surface area contributed by atoms with Crippen LogP contribution in [0.1, 0.15) is 18.5 Å². The van der Waals surface area contributed by atoms with Gasteiger partial charge in [0.2, 0.25) is 0 Å². The number of rotatable bonds is 3. The first-order valence-corrected chi connectivity index (χ1v) is 5.66. The van der Waals surface area contributed by atoms with Crippen molar-refractivity contribution in [3.05, 3.63) is 59.0 Å². The Morgan fingerprint density at radius 2 is 2.12 bits per heavy atom. The minimum Gasteiger partial charge on any atom is -0.364 e. The van der Waals surface area contributed by atoms with Gasteiger partial charge in [0.1, 0.15) is 11.6 Å². The van der Waals surface area contributed by atoms with Gasteiger partial charge in [-0.2, -0.15) is 0 Å². The molecule has 0 amide bonds. The zero-order chi connectivity index (χ0) is 12.3. The zero-order valence-corrected chi connectivity index (χ0v) is 10.1. The second-order valence-electron chi connectivity index (χ2n) is 3.78. The normalized spacial score (nSPS) is 12.2. The summed E-state index contributed by atoms with van der Waals surface area (Å²) in [5.41, 5.74) is 0.877. The van der Waals surface area contributed by atoms with Crippen LogP contribution in [0, 0.1) is 5.82 Å². The Kier molecular flexibility index (Phi) is 3.59. The quantitative estimate of drug-likeness (QED) is 0.889. The second-order valence-corrected chi connectivity index (χ2v) is 4.22. The first-order valence-electron chi connectivity index (χ1n) is 5.29. The average Bonchev–Trinajstić information content (AvgIpc) is 2.32. The van der Waals surface area contributed by atoms with Crippen molar-refractivity contribution in [2.75, 3.05) is 5.32 Å². The van der Waals surface area contributed by atoms with Crippen molar-refractivity contribution >= 4 is 17.4 Å². The molecule has 4 heteroatoms. The molecule has 2 nitrogen and oxygen atoms in total. The third-order valence-corrected chi connectivity index (χ3v) is 2.66. The summed E-state index contributed by atoms with van der Waals surface area (Å²) in [5.74, 6) is 0.478. The van der Waals surface area contributed by atoms with Crippen molar-refractivity contribution in [1.29, 1.82) is 0 Å². The first-order chi connectivity index (χ1) is 8.15. The Labute approximate surface area is 104 Å². The molecule has 1 N–H and O–H groups in total. The van der Waals surface area contributed by atoms with E-state index < -0.39 is 0 Å². The molecule has 1 aromatic heterocycles. The lowest BCUT2D eigenvalue weighted by Crippen LogP contribution is -2.07. The summed E-state index contributed by atoms with van der Waals surface area (Å²) >= 11 is 5.75. The molecule has 0 spiro atoms. The molecule has 88 valence electrons. The van der Waals surface area contributed by atoms with E-state index in [9.17, 15) is 4.39 Å². The molecule has 2 rings (SSSR count). The van der Waals surface area contributed by atoms with Gasteiger partial charge in [0.05, 0.1) is 11.1 Å². The van der Waals surface area contributed by atoms with Crippen molar-refractivity contribution in [3.8, 4) is 0 Å². The van der Waals surface area contributed by atoms with E-state index in [-0.39, 0.29) is 11.9 Å². The minimum absolute atomic E-state index is 0.0145. The van der Waals surface area contributed by atoms with Crippen LogP contribution in [-0.2, 0) is 0 Å². The maximum atomic E-state index is 13.1. The predicted octanol–water partition coefficient (Wildman–Crippen LogP) is 4.05. The maximum absolute atomic E-state index is 13.1. The molecule has 17 heavy (non-hydrogen) atoms. The Balaban J connectivity index is 2.11. The van der Waals surface area contributed by atoms with Gasteiger partial charge in [0, 0.05) is 6.20 Å². The summed E-state index contributed by atoms with van der Waals surface area (Å²) in [4.78, 5) is 4.13. The zero-order valence-electron chi connectivity index (χ0n) is 9.32. The van der Waals surface area contributed by atoms with Crippen molar-refractivity contribution in [3.63, 3.8) is 0 Å². The first kappa shape index (κ1) is 11.9. The smallest absolute Gasteiger partial charge is 0.126 e. The van der Waals surface area contributed by atoms with Gasteiger partial charge in [-0.1, -0.05) is 23.7 Å². The monoisotopic (exact) mass is 250 g/mol. The van der Waals surface area contributed by atoms with Gasteiger partial charge in [0.25, 0.3) is 0 Å². The number of pyridine rings is 1. The van der Waals surface area contributed by atoms with E-state index in [0.717, 1.165) is 5.56 Å². The van der Waals surface area contributed by atoms with Crippen LogP contribution >= 0.6 is 11.6 Å². The Hall–Kier alpha value is -1.61. The van der Waals surface area contributed by atoms with Gasteiger partial charge >= 0.3 is 0 Å². The summed E-state index contributed by atoms with van der Waals surface area (Å²) in [7, 11) is 0. The lowest BCUT2D eigenvalue weighted by Gasteiger charge is -2.14. The Bertz CT molecular complexity index is 499. The highest BCUT2D eigenvalue weighted by Gasteiger charge is 2.06. The number of hydrogen-bond acceptors (Lipinski definition) is 2. The Morgan fingerprint density at radius 1 is 1.29 bits per heavy atom. The Morgan fingerprint density at radius 3 is 2.76 bits per heavy atom. The van der Waals surface area contributed by atoms with E-state index >= 15 is 0 Å². The SMILES string of the molecule is CC(Nc1ccc(Cl)cn1)c1cccc(F)c1. The number of halogens is 2. The highest BCUT2D eigenvalue weighted by molar-refractivity contribution is 6.30. The van der Waals surface area contributed by atoms with E-state index in [2.05, 4.69) is 10.3 Å². The van der Waals surface area contributed by atoms with Crippen LogP contribution in [0.3, 0.4) is 0 Å². The third kappa shape index (κ3) is 3.17. The van der Waals surface area contributed by atoms with Gasteiger partial charge in [-0.25, -0.2) is 9.37 Å². The molecule has 0 aliphatic carbocycles. The molecule has 0 aliphatic heterocycles. The second kappa shape index (κ2) is 5.15. The fourth-order valence-electron chi connectivity index (χ4n) is 1.54. The topological polar surface area (TPSA) is 24.9 Å². The number of nitrogens with one attached hydrogen (secondary N) is 1. The van der Waals surface area contributed by atoms with E-state index in [1.807, 2.05) is 13.0 Å². The van der Waals surface area contributed by atoms with Gasteiger partial charge in [-0.3, -0.25) is 0 Å². The fraction of sp³-hybridized carbons (Fsp3) is 0.154. The van der Waals surface area contributed by atoms with Crippen LogP contribution in [0.4, 0.5) is 10.2 Å². The molecular formula is C13H12ClFN2. The molecule has 2 aromatic rings. The van der Waals surface area contributed by atoms with Crippen LogP contribution < -0.4 is 5.32 Å². The third-order valence-electron chi connectivity index (χ3n) is 2.44. The molecule has 0 saturated heterocycles.